The minimum absolute atomic E-state index is 0.460. The average Bonchev–Trinajstić information content (AvgIpc) is 1.95. The first-order valence-corrected chi connectivity index (χ1v) is 4.22. The minimum atomic E-state index is 0.460. The SMILES string of the molecule is O=C=Nc1ccc(I)cc1Cl. The molecule has 2 nitrogen and oxygen atoms in total. The van der Waals surface area contributed by atoms with E-state index >= 15 is 0 Å². The van der Waals surface area contributed by atoms with Crippen LogP contribution in [0, 0.1) is 3.57 Å². The molecule has 1 aromatic rings. The van der Waals surface area contributed by atoms with E-state index in [2.05, 4.69) is 27.6 Å². The number of hydrogen-bond donors (Lipinski definition) is 0. The number of rotatable bonds is 1. The summed E-state index contributed by atoms with van der Waals surface area (Å²) >= 11 is 7.86. The Morgan fingerprint density at radius 2 is 2.27 bits per heavy atom. The molecule has 0 aliphatic rings. The Bertz CT molecular complexity index is 320. The second kappa shape index (κ2) is 3.85. The third-order valence-corrected chi connectivity index (χ3v) is 2.05. The van der Waals surface area contributed by atoms with Crippen molar-refractivity contribution in [3.05, 3.63) is 26.8 Å². The molecule has 1 aromatic carbocycles. The van der Waals surface area contributed by atoms with Crippen LogP contribution >= 0.6 is 34.2 Å². The van der Waals surface area contributed by atoms with Gasteiger partial charge in [-0.1, -0.05) is 11.6 Å². The van der Waals surface area contributed by atoms with E-state index in [1.54, 1.807) is 12.1 Å². The van der Waals surface area contributed by atoms with Gasteiger partial charge in [-0.15, -0.1) is 0 Å². The van der Waals surface area contributed by atoms with Crippen LogP contribution in [-0.2, 0) is 4.79 Å². The van der Waals surface area contributed by atoms with Crippen LogP contribution in [0.2, 0.25) is 5.02 Å². The highest BCUT2D eigenvalue weighted by molar-refractivity contribution is 14.1. The quantitative estimate of drug-likeness (QED) is 0.441. The van der Waals surface area contributed by atoms with E-state index < -0.39 is 0 Å². The second-order valence-corrected chi connectivity index (χ2v) is 3.45. The molecule has 0 unspecified atom stereocenters. The first-order valence-electron chi connectivity index (χ1n) is 2.77. The maximum Gasteiger partial charge on any atom is 0.240 e. The molecule has 0 saturated heterocycles. The summed E-state index contributed by atoms with van der Waals surface area (Å²) in [4.78, 5) is 13.3. The number of nitrogens with zero attached hydrogens (tertiary/aromatic N) is 1. The van der Waals surface area contributed by atoms with Crippen molar-refractivity contribution in [2.75, 3.05) is 0 Å². The van der Waals surface area contributed by atoms with E-state index in [1.165, 1.54) is 6.08 Å². The minimum Gasteiger partial charge on any atom is -0.211 e. The number of aliphatic imine (C=N–C) groups is 1. The fraction of sp³-hybridized carbons (Fsp3) is 0. The van der Waals surface area contributed by atoms with E-state index in [9.17, 15) is 4.79 Å². The predicted octanol–water partition coefficient (Wildman–Crippen LogP) is 2.91. The van der Waals surface area contributed by atoms with Crippen LogP contribution in [0.15, 0.2) is 23.2 Å². The molecule has 0 heterocycles. The monoisotopic (exact) mass is 279 g/mol. The lowest BCUT2D eigenvalue weighted by Gasteiger charge is -1.94. The molecule has 0 spiro atoms. The van der Waals surface area contributed by atoms with Crippen molar-refractivity contribution in [2.45, 2.75) is 0 Å². The van der Waals surface area contributed by atoms with Gasteiger partial charge in [0.15, 0.2) is 0 Å². The number of halogens is 2. The van der Waals surface area contributed by atoms with E-state index in [0.29, 0.717) is 10.7 Å². The van der Waals surface area contributed by atoms with Gasteiger partial charge < -0.3 is 0 Å². The lowest BCUT2D eigenvalue weighted by atomic mass is 10.3. The molecule has 0 aromatic heterocycles. The molecule has 0 saturated carbocycles. The molecule has 0 fully saturated rings. The van der Waals surface area contributed by atoms with Crippen molar-refractivity contribution in [1.29, 1.82) is 0 Å². The topological polar surface area (TPSA) is 29.4 Å². The van der Waals surface area contributed by atoms with Crippen molar-refractivity contribution in [1.82, 2.24) is 0 Å². The summed E-state index contributed by atoms with van der Waals surface area (Å²) in [5.41, 5.74) is 0.460. The van der Waals surface area contributed by atoms with Gasteiger partial charge in [0.1, 0.15) is 0 Å². The number of isocyanates is 1. The predicted molar refractivity (Wildman–Crippen MR) is 52.0 cm³/mol. The summed E-state index contributed by atoms with van der Waals surface area (Å²) in [7, 11) is 0. The van der Waals surface area contributed by atoms with Gasteiger partial charge in [-0.25, -0.2) is 4.79 Å². The highest BCUT2D eigenvalue weighted by atomic mass is 127. The molecular weight excluding hydrogens is 276 g/mol. The normalized spacial score (nSPS) is 8.91. The van der Waals surface area contributed by atoms with E-state index in [-0.39, 0.29) is 0 Å². The fourth-order valence-electron chi connectivity index (χ4n) is 0.621. The largest absolute Gasteiger partial charge is 0.240 e. The summed E-state index contributed by atoms with van der Waals surface area (Å²) in [6.07, 6.45) is 1.43. The van der Waals surface area contributed by atoms with Gasteiger partial charge in [0.2, 0.25) is 6.08 Å². The zero-order valence-corrected chi connectivity index (χ0v) is 8.26. The zero-order valence-electron chi connectivity index (χ0n) is 5.34. The first kappa shape index (κ1) is 8.71. The van der Waals surface area contributed by atoms with Crippen LogP contribution in [0.25, 0.3) is 0 Å². The lowest BCUT2D eigenvalue weighted by Crippen LogP contribution is -1.71. The molecular formula is C7H3ClINO. The molecule has 11 heavy (non-hydrogen) atoms. The number of carbonyl (C=O) groups excluding carboxylic acids is 1. The Kier molecular flexibility index (Phi) is 3.05. The van der Waals surface area contributed by atoms with Crippen molar-refractivity contribution in [3.8, 4) is 0 Å². The van der Waals surface area contributed by atoms with Gasteiger partial charge in [0.25, 0.3) is 0 Å². The van der Waals surface area contributed by atoms with Gasteiger partial charge in [-0.3, -0.25) is 0 Å². The standard InChI is InChI=1S/C7H3ClINO/c8-6-3-5(9)1-2-7(6)10-4-11/h1-3H. The first-order chi connectivity index (χ1) is 5.24. The molecule has 4 heteroatoms. The fourth-order valence-corrected chi connectivity index (χ4v) is 1.52. The highest BCUT2D eigenvalue weighted by Crippen LogP contribution is 2.25. The van der Waals surface area contributed by atoms with Crippen LogP contribution < -0.4 is 0 Å². The van der Waals surface area contributed by atoms with Crippen LogP contribution in [-0.4, -0.2) is 6.08 Å². The average molecular weight is 279 g/mol. The molecule has 0 aliphatic heterocycles. The maximum absolute atomic E-state index is 9.86. The van der Waals surface area contributed by atoms with Gasteiger partial charge in [0, 0.05) is 3.57 Å². The summed E-state index contributed by atoms with van der Waals surface area (Å²) < 4.78 is 1.01. The van der Waals surface area contributed by atoms with Crippen LogP contribution in [0.5, 0.6) is 0 Å². The smallest absolute Gasteiger partial charge is 0.211 e. The highest BCUT2D eigenvalue weighted by Gasteiger charge is 1.97. The summed E-state index contributed by atoms with van der Waals surface area (Å²) in [6, 6.07) is 5.23. The lowest BCUT2D eigenvalue weighted by molar-refractivity contribution is 0.565. The van der Waals surface area contributed by atoms with Crippen molar-refractivity contribution in [3.63, 3.8) is 0 Å². The van der Waals surface area contributed by atoms with Crippen molar-refractivity contribution >= 4 is 46.0 Å². The van der Waals surface area contributed by atoms with E-state index in [1.807, 2.05) is 6.07 Å². The Morgan fingerprint density at radius 3 is 2.82 bits per heavy atom. The molecule has 1 rings (SSSR count). The molecule has 0 atom stereocenters. The molecule has 0 aliphatic carbocycles. The van der Waals surface area contributed by atoms with Crippen molar-refractivity contribution in [2.24, 2.45) is 4.99 Å². The number of benzene rings is 1. The Morgan fingerprint density at radius 1 is 1.55 bits per heavy atom. The van der Waals surface area contributed by atoms with Crippen molar-refractivity contribution < 1.29 is 4.79 Å². The van der Waals surface area contributed by atoms with Gasteiger partial charge >= 0.3 is 0 Å². The maximum atomic E-state index is 9.86. The van der Waals surface area contributed by atoms with E-state index in [4.69, 9.17) is 11.6 Å². The van der Waals surface area contributed by atoms with Crippen LogP contribution in [0.4, 0.5) is 5.69 Å². The molecule has 56 valence electrons. The molecule has 0 bridgehead atoms. The summed E-state index contributed by atoms with van der Waals surface area (Å²) in [6.45, 7) is 0. The Hall–Kier alpha value is -0.380. The molecule has 0 amide bonds. The second-order valence-electron chi connectivity index (χ2n) is 1.80. The van der Waals surface area contributed by atoms with Crippen LogP contribution in [0.3, 0.4) is 0 Å². The van der Waals surface area contributed by atoms with Gasteiger partial charge in [0.05, 0.1) is 10.7 Å². The summed E-state index contributed by atoms with van der Waals surface area (Å²) in [5.74, 6) is 0. The Labute approximate surface area is 82.4 Å². The summed E-state index contributed by atoms with van der Waals surface area (Å²) in [5, 5.41) is 0.472. The number of hydrogen-bond acceptors (Lipinski definition) is 2. The van der Waals surface area contributed by atoms with Gasteiger partial charge in [-0.05, 0) is 40.8 Å². The third kappa shape index (κ3) is 2.29. The van der Waals surface area contributed by atoms with Gasteiger partial charge in [-0.2, -0.15) is 4.99 Å². The third-order valence-electron chi connectivity index (χ3n) is 1.08. The van der Waals surface area contributed by atoms with E-state index in [0.717, 1.165) is 3.57 Å². The van der Waals surface area contributed by atoms with Crippen LogP contribution in [0.1, 0.15) is 0 Å². The Balaban J connectivity index is 3.19. The molecule has 0 N–H and O–H groups in total. The molecule has 0 radical (unpaired) electrons. The zero-order chi connectivity index (χ0) is 8.27.